The number of aliphatic hydroxyl groups is 2. The number of carbonyl (C=O) groups is 2. The number of carbonyl (C=O) groups excluding carboxylic acids is 2. The van der Waals surface area contributed by atoms with Gasteiger partial charge in [-0.3, -0.25) is 9.59 Å². The number of unbranched alkanes of at least 4 members (excludes halogenated alkanes) is 22. The van der Waals surface area contributed by atoms with Gasteiger partial charge in [0, 0.05) is 12.8 Å². The molecule has 0 aliphatic heterocycles. The second-order valence-corrected chi connectivity index (χ2v) is 17.9. The van der Waals surface area contributed by atoms with Gasteiger partial charge in [0.05, 0.1) is 41.4 Å². The van der Waals surface area contributed by atoms with Crippen LogP contribution in [0.4, 0.5) is 0 Å². The molecule has 0 heterocycles. The Labute approximate surface area is 347 Å². The molecule has 8 nitrogen and oxygen atoms in total. The van der Waals surface area contributed by atoms with Crippen LogP contribution in [-0.4, -0.2) is 111 Å². The molecule has 8 heteroatoms. The van der Waals surface area contributed by atoms with Crippen molar-refractivity contribution in [3.8, 4) is 0 Å². The fourth-order valence-electron chi connectivity index (χ4n) is 7.35. The molecule has 0 bridgehead atoms. The minimum atomic E-state index is -0.677. The van der Waals surface area contributed by atoms with Gasteiger partial charge in [0.1, 0.15) is 26.2 Å². The number of allylic oxidation sites excluding steroid dienone is 4. The number of ether oxygens (including phenoxy) is 2. The first kappa shape index (κ1) is 54.3. The molecule has 0 rings (SSSR count). The zero-order chi connectivity index (χ0) is 41.6. The van der Waals surface area contributed by atoms with Crippen molar-refractivity contribution in [2.45, 2.75) is 206 Å². The Balaban J connectivity index is 4.88. The van der Waals surface area contributed by atoms with Crippen LogP contribution in [-0.2, 0) is 19.1 Å². The van der Waals surface area contributed by atoms with E-state index in [9.17, 15) is 19.8 Å². The Morgan fingerprint density at radius 3 is 1.09 bits per heavy atom. The average Bonchev–Trinajstić information content (AvgIpc) is 3.14. The fourth-order valence-corrected chi connectivity index (χ4v) is 7.35. The number of nitrogens with zero attached hydrogens (tertiary/aromatic N) is 2. The van der Waals surface area contributed by atoms with Gasteiger partial charge in [-0.2, -0.15) is 0 Å². The highest BCUT2D eigenvalue weighted by Crippen LogP contribution is 2.19. The normalized spacial score (nSPS) is 13.5. The van der Waals surface area contributed by atoms with Gasteiger partial charge in [-0.25, -0.2) is 0 Å². The molecule has 0 fully saturated rings. The van der Waals surface area contributed by atoms with Crippen LogP contribution in [0, 0.1) is 0 Å². The van der Waals surface area contributed by atoms with Gasteiger partial charge >= 0.3 is 11.9 Å². The second kappa shape index (κ2) is 37.5. The summed E-state index contributed by atoms with van der Waals surface area (Å²) in [6, 6.07) is 0. The summed E-state index contributed by atoms with van der Waals surface area (Å²) in [5, 5.41) is 19.7. The molecule has 2 unspecified atom stereocenters. The summed E-state index contributed by atoms with van der Waals surface area (Å²) < 4.78 is 13.2. The summed E-state index contributed by atoms with van der Waals surface area (Å²) in [7, 11) is 8.09. The van der Waals surface area contributed by atoms with Gasteiger partial charge in [0.2, 0.25) is 0 Å². The molecule has 2 N–H and O–H groups in total. The van der Waals surface area contributed by atoms with E-state index in [1.807, 2.05) is 28.2 Å². The summed E-state index contributed by atoms with van der Waals surface area (Å²) in [5.41, 5.74) is 0. The molecule has 0 spiro atoms. The Bertz CT molecular complexity index is 956. The van der Waals surface area contributed by atoms with E-state index in [1.54, 1.807) is 0 Å². The van der Waals surface area contributed by atoms with Crippen molar-refractivity contribution in [2.75, 3.05) is 67.6 Å². The second-order valence-electron chi connectivity index (χ2n) is 17.9. The average molecular weight is 795 g/mol. The van der Waals surface area contributed by atoms with Crippen molar-refractivity contribution in [3.05, 3.63) is 24.3 Å². The van der Waals surface area contributed by atoms with Gasteiger partial charge in [-0.1, -0.05) is 141 Å². The zero-order valence-electron chi connectivity index (χ0n) is 37.9. The third-order valence-corrected chi connectivity index (χ3v) is 10.9. The van der Waals surface area contributed by atoms with Crippen molar-refractivity contribution in [1.29, 1.82) is 0 Å². The quantitative estimate of drug-likeness (QED) is 0.0277. The van der Waals surface area contributed by atoms with Crippen molar-refractivity contribution >= 4 is 11.9 Å². The molecule has 0 amide bonds. The summed E-state index contributed by atoms with van der Waals surface area (Å²) in [4.78, 5) is 26.5. The van der Waals surface area contributed by atoms with E-state index in [0.29, 0.717) is 48.0 Å². The third-order valence-electron chi connectivity index (χ3n) is 10.9. The first-order valence-corrected chi connectivity index (χ1v) is 23.5. The Morgan fingerprint density at radius 2 is 0.768 bits per heavy atom. The minimum Gasteiger partial charge on any atom is -0.452 e. The molecule has 0 aliphatic carbocycles. The number of rotatable bonds is 41. The van der Waals surface area contributed by atoms with E-state index in [2.05, 4.69) is 38.2 Å². The molecule has 0 aliphatic rings. The molecule has 330 valence electrons. The lowest BCUT2D eigenvalue weighted by Crippen LogP contribution is -2.58. The van der Waals surface area contributed by atoms with Crippen LogP contribution in [0.3, 0.4) is 0 Å². The van der Waals surface area contributed by atoms with Gasteiger partial charge < -0.3 is 28.7 Å². The standard InChI is InChI=1S/C48H94N2O6/c1-7-9-11-13-15-17-19-21-23-25-27-29-31-33-35-37-47(53)55-45(43-49(3,4)5)46(44-50(6,39-41-51)40-42-52)56-48(54)38-36-34-32-30-28-26-24-22-20-18-16-14-12-10-8-2/h21-24,45-46,51-52H,7-20,25-44H2,1-6H3/q+2/b23-21-,24-22-. The van der Waals surface area contributed by atoms with E-state index in [0.717, 1.165) is 57.8 Å². The Hall–Kier alpha value is -1.74. The van der Waals surface area contributed by atoms with Crippen molar-refractivity contribution in [2.24, 2.45) is 0 Å². The van der Waals surface area contributed by atoms with Crippen LogP contribution in [0.5, 0.6) is 0 Å². The van der Waals surface area contributed by atoms with Crippen LogP contribution in [0.1, 0.15) is 194 Å². The van der Waals surface area contributed by atoms with E-state index in [-0.39, 0.29) is 25.2 Å². The maximum atomic E-state index is 13.3. The van der Waals surface area contributed by atoms with Crippen LogP contribution < -0.4 is 0 Å². The molecular formula is C48H94N2O6+2. The lowest BCUT2D eigenvalue weighted by Gasteiger charge is -2.39. The van der Waals surface area contributed by atoms with Gasteiger partial charge in [0.25, 0.3) is 0 Å². The highest BCUT2D eigenvalue weighted by molar-refractivity contribution is 5.70. The zero-order valence-corrected chi connectivity index (χ0v) is 37.9. The molecule has 0 aromatic rings. The monoisotopic (exact) mass is 795 g/mol. The predicted octanol–water partition coefficient (Wildman–Crippen LogP) is 11.0. The number of esters is 2. The molecule has 0 aromatic heterocycles. The van der Waals surface area contributed by atoms with Crippen LogP contribution in [0.25, 0.3) is 0 Å². The van der Waals surface area contributed by atoms with Gasteiger partial charge in [-0.05, 0) is 64.2 Å². The molecular weight excluding hydrogens is 701 g/mol. The Kier molecular flexibility index (Phi) is 36.4. The summed E-state index contributed by atoms with van der Waals surface area (Å²) in [6.45, 7) is 6.06. The van der Waals surface area contributed by atoms with Gasteiger partial charge in [0.15, 0.2) is 12.2 Å². The maximum absolute atomic E-state index is 13.3. The summed E-state index contributed by atoms with van der Waals surface area (Å²) >= 11 is 0. The number of hydrogen-bond donors (Lipinski definition) is 2. The van der Waals surface area contributed by atoms with Crippen LogP contribution in [0.2, 0.25) is 0 Å². The SMILES string of the molecule is CCCCCCCC/C=C\CCCCCCCC(=O)OC(C[N+](C)(C)C)C(C[N+](C)(CCO)CCO)OC(=O)CCCCCCC/C=C\CCCCCCCC. The number of aliphatic hydroxyl groups excluding tert-OH is 2. The Morgan fingerprint density at radius 1 is 0.464 bits per heavy atom. The molecule has 56 heavy (non-hydrogen) atoms. The molecule has 0 saturated heterocycles. The molecule has 2 atom stereocenters. The molecule has 0 radical (unpaired) electrons. The predicted molar refractivity (Wildman–Crippen MR) is 237 cm³/mol. The largest absolute Gasteiger partial charge is 0.452 e. The maximum Gasteiger partial charge on any atom is 0.306 e. The van der Waals surface area contributed by atoms with Crippen molar-refractivity contribution < 1.29 is 38.2 Å². The molecule has 0 saturated carbocycles. The topological polar surface area (TPSA) is 93.1 Å². The van der Waals surface area contributed by atoms with Crippen LogP contribution >= 0.6 is 0 Å². The highest BCUT2D eigenvalue weighted by Gasteiger charge is 2.39. The summed E-state index contributed by atoms with van der Waals surface area (Å²) in [6.07, 6.45) is 39.9. The molecule has 0 aromatic carbocycles. The first-order chi connectivity index (χ1) is 27.0. The fraction of sp³-hybridized carbons (Fsp3) is 0.875. The van der Waals surface area contributed by atoms with Gasteiger partial charge in [-0.15, -0.1) is 0 Å². The third kappa shape index (κ3) is 35.4. The number of hydrogen-bond acceptors (Lipinski definition) is 6. The van der Waals surface area contributed by atoms with E-state index < -0.39 is 12.2 Å². The minimum absolute atomic E-state index is 0.0542. The summed E-state index contributed by atoms with van der Waals surface area (Å²) in [5.74, 6) is -0.523. The smallest absolute Gasteiger partial charge is 0.306 e. The lowest BCUT2D eigenvalue weighted by molar-refractivity contribution is -0.914. The van der Waals surface area contributed by atoms with Crippen LogP contribution in [0.15, 0.2) is 24.3 Å². The van der Waals surface area contributed by atoms with E-state index in [1.165, 1.54) is 109 Å². The van der Waals surface area contributed by atoms with Crippen molar-refractivity contribution in [3.63, 3.8) is 0 Å². The van der Waals surface area contributed by atoms with E-state index in [4.69, 9.17) is 9.47 Å². The number of quaternary nitrogens is 2. The number of likely N-dealkylation sites (N-methyl/N-ethyl adjacent to an activating group) is 2. The highest BCUT2D eigenvalue weighted by atomic mass is 16.6. The van der Waals surface area contributed by atoms with Crippen molar-refractivity contribution in [1.82, 2.24) is 0 Å². The lowest BCUT2D eigenvalue weighted by atomic mass is 10.1. The van der Waals surface area contributed by atoms with E-state index >= 15 is 0 Å². The first-order valence-electron chi connectivity index (χ1n) is 23.5.